The number of amides is 1. The van der Waals surface area contributed by atoms with Crippen LogP contribution in [0.15, 0.2) is 52.9 Å². The van der Waals surface area contributed by atoms with Crippen molar-refractivity contribution in [1.29, 1.82) is 0 Å². The first-order valence-electron chi connectivity index (χ1n) is 14.3. The van der Waals surface area contributed by atoms with Crippen molar-refractivity contribution in [3.63, 3.8) is 0 Å². The Balaban J connectivity index is 1.50. The van der Waals surface area contributed by atoms with E-state index in [2.05, 4.69) is 45.4 Å². The minimum atomic E-state index is 0.129. The van der Waals surface area contributed by atoms with Gasteiger partial charge in [0, 0.05) is 57.0 Å². The third kappa shape index (κ3) is 8.55. The average Bonchev–Trinajstić information content (AvgIpc) is 3.42. The summed E-state index contributed by atoms with van der Waals surface area (Å²) in [5.41, 5.74) is 2.34. The first-order valence-corrected chi connectivity index (χ1v) is 14.3. The summed E-state index contributed by atoms with van der Waals surface area (Å²) in [6, 6.07) is 16.6. The average molecular weight is 535 g/mol. The molecule has 0 spiro atoms. The zero-order valence-corrected chi connectivity index (χ0v) is 23.6. The monoisotopic (exact) mass is 534 g/mol. The molecule has 2 heterocycles. The number of rotatable bonds is 8. The Morgan fingerprint density at radius 1 is 1.00 bits per heavy atom. The van der Waals surface area contributed by atoms with Gasteiger partial charge in [-0.05, 0) is 37.8 Å². The molecule has 210 valence electrons. The van der Waals surface area contributed by atoms with Crippen molar-refractivity contribution in [2.45, 2.75) is 71.9 Å². The van der Waals surface area contributed by atoms with Crippen molar-refractivity contribution in [3.05, 3.63) is 71.4 Å². The molecule has 4 rings (SSSR count). The number of hydrogen-bond donors (Lipinski definition) is 0. The molecule has 0 saturated carbocycles. The largest absolute Gasteiger partial charge is 0.490 e. The number of benzene rings is 2. The molecule has 1 aromatic heterocycles. The Morgan fingerprint density at radius 3 is 2.62 bits per heavy atom. The van der Waals surface area contributed by atoms with Gasteiger partial charge < -0.3 is 18.8 Å². The fourth-order valence-corrected chi connectivity index (χ4v) is 4.77. The molecule has 0 N–H and O–H groups in total. The zero-order valence-electron chi connectivity index (χ0n) is 23.6. The first kappa shape index (κ1) is 28.6. The predicted octanol–water partition coefficient (Wildman–Crippen LogP) is 5.62. The van der Waals surface area contributed by atoms with Crippen molar-refractivity contribution < 1.29 is 18.7 Å². The quantitative estimate of drug-likeness (QED) is 0.371. The summed E-state index contributed by atoms with van der Waals surface area (Å²) in [7, 11) is 0. The molecule has 1 amide bonds. The maximum atomic E-state index is 13.4. The van der Waals surface area contributed by atoms with Gasteiger partial charge in [0.2, 0.25) is 17.7 Å². The van der Waals surface area contributed by atoms with Crippen molar-refractivity contribution in [3.8, 4) is 11.5 Å². The number of aromatic nitrogens is 2. The molecular formula is C31H42N4O4. The van der Waals surface area contributed by atoms with Gasteiger partial charge in [-0.2, -0.15) is 0 Å². The molecule has 0 radical (unpaired) electrons. The summed E-state index contributed by atoms with van der Waals surface area (Å²) in [5, 5.41) is 8.23. The molecule has 0 atom stereocenters. The molecule has 8 heteroatoms. The number of aryl methyl sites for hydroxylation is 1. The van der Waals surface area contributed by atoms with Crippen molar-refractivity contribution in [2.75, 3.05) is 32.8 Å². The maximum absolute atomic E-state index is 13.4. The van der Waals surface area contributed by atoms with E-state index in [1.807, 2.05) is 43.9 Å². The van der Waals surface area contributed by atoms with Crippen LogP contribution in [0.5, 0.6) is 11.5 Å². The standard InChI is InChI=1S/C31H42N4O4/c1-4-37-27-15-11-14-26-23-34(22-25-12-7-5-8-13-25)19-20-35(18-9-6-10-21-38-30(26)27)29(36)17-16-28-32-33-31(39-28)24(2)3/h5,7-8,11-15,24H,4,6,9-10,16-23H2,1-3H3. The minimum absolute atomic E-state index is 0.129. The number of hydrogen-bond acceptors (Lipinski definition) is 7. The van der Waals surface area contributed by atoms with Crippen molar-refractivity contribution >= 4 is 5.91 Å². The van der Waals surface area contributed by atoms with Gasteiger partial charge in [0.05, 0.1) is 13.2 Å². The lowest BCUT2D eigenvalue weighted by Crippen LogP contribution is -2.39. The van der Waals surface area contributed by atoms with E-state index in [0.717, 1.165) is 56.0 Å². The molecule has 1 aliphatic heterocycles. The number of nitrogens with zero attached hydrogens (tertiary/aromatic N) is 4. The van der Waals surface area contributed by atoms with Crippen LogP contribution in [-0.2, 0) is 24.3 Å². The fraction of sp³-hybridized carbons (Fsp3) is 0.516. The molecule has 0 saturated heterocycles. The van der Waals surface area contributed by atoms with Crippen LogP contribution in [0.1, 0.15) is 75.3 Å². The van der Waals surface area contributed by atoms with Crippen LogP contribution in [-0.4, -0.2) is 58.8 Å². The van der Waals surface area contributed by atoms with Crippen molar-refractivity contribution in [2.24, 2.45) is 0 Å². The van der Waals surface area contributed by atoms with E-state index >= 15 is 0 Å². The summed E-state index contributed by atoms with van der Waals surface area (Å²) in [4.78, 5) is 17.7. The highest BCUT2D eigenvalue weighted by molar-refractivity contribution is 5.76. The summed E-state index contributed by atoms with van der Waals surface area (Å²) in [6.07, 6.45) is 3.68. The summed E-state index contributed by atoms with van der Waals surface area (Å²) in [5.74, 6) is 3.08. The lowest BCUT2D eigenvalue weighted by atomic mass is 10.1. The second-order valence-electron chi connectivity index (χ2n) is 10.4. The smallest absolute Gasteiger partial charge is 0.223 e. The van der Waals surface area contributed by atoms with E-state index in [0.29, 0.717) is 50.9 Å². The number of carbonyl (C=O) groups excluding carboxylic acids is 1. The fourth-order valence-electron chi connectivity index (χ4n) is 4.77. The highest BCUT2D eigenvalue weighted by atomic mass is 16.5. The number of para-hydroxylation sites is 1. The molecule has 0 unspecified atom stereocenters. The molecule has 2 aromatic carbocycles. The maximum Gasteiger partial charge on any atom is 0.223 e. The van der Waals surface area contributed by atoms with Gasteiger partial charge in [-0.3, -0.25) is 9.69 Å². The molecule has 0 aliphatic carbocycles. The normalized spacial score (nSPS) is 15.5. The van der Waals surface area contributed by atoms with E-state index in [9.17, 15) is 4.79 Å². The van der Waals surface area contributed by atoms with Gasteiger partial charge in [0.15, 0.2) is 11.5 Å². The Kier molecular flexibility index (Phi) is 10.8. The van der Waals surface area contributed by atoms with Crippen molar-refractivity contribution in [1.82, 2.24) is 20.0 Å². The molecular weight excluding hydrogens is 492 g/mol. The molecule has 39 heavy (non-hydrogen) atoms. The van der Waals surface area contributed by atoms with Crippen LogP contribution in [0, 0.1) is 0 Å². The Morgan fingerprint density at radius 2 is 1.85 bits per heavy atom. The topological polar surface area (TPSA) is 80.9 Å². The molecule has 1 aliphatic rings. The van der Waals surface area contributed by atoms with Crippen LogP contribution >= 0.6 is 0 Å². The molecule has 3 aromatic rings. The van der Waals surface area contributed by atoms with E-state index < -0.39 is 0 Å². The third-order valence-corrected chi connectivity index (χ3v) is 6.89. The van der Waals surface area contributed by atoms with E-state index in [1.54, 1.807) is 0 Å². The lowest BCUT2D eigenvalue weighted by Gasteiger charge is -2.28. The molecule has 0 fully saturated rings. The highest BCUT2D eigenvalue weighted by Gasteiger charge is 2.20. The van der Waals surface area contributed by atoms with Gasteiger partial charge in [-0.1, -0.05) is 56.3 Å². The van der Waals surface area contributed by atoms with E-state index in [-0.39, 0.29) is 11.8 Å². The Hall–Kier alpha value is -3.39. The molecule has 0 bridgehead atoms. The second-order valence-corrected chi connectivity index (χ2v) is 10.4. The van der Waals surface area contributed by atoms with Crippen LogP contribution in [0.2, 0.25) is 0 Å². The number of ether oxygens (including phenoxy) is 2. The van der Waals surface area contributed by atoms with Gasteiger partial charge in [0.25, 0.3) is 0 Å². The SMILES string of the molecule is CCOc1cccc2c1OCCCCCN(C(=O)CCc1nnc(C(C)C)o1)CCN(Cc1ccccc1)C2. The van der Waals surface area contributed by atoms with Gasteiger partial charge in [-0.15, -0.1) is 10.2 Å². The minimum Gasteiger partial charge on any atom is -0.490 e. The van der Waals surface area contributed by atoms with Gasteiger partial charge in [-0.25, -0.2) is 0 Å². The Labute approximate surface area is 232 Å². The van der Waals surface area contributed by atoms with Gasteiger partial charge in [0.1, 0.15) is 0 Å². The lowest BCUT2D eigenvalue weighted by molar-refractivity contribution is -0.131. The second kappa shape index (κ2) is 14.7. The number of carbonyl (C=O) groups is 1. The highest BCUT2D eigenvalue weighted by Crippen LogP contribution is 2.33. The van der Waals surface area contributed by atoms with Crippen LogP contribution in [0.3, 0.4) is 0 Å². The third-order valence-electron chi connectivity index (χ3n) is 6.89. The Bertz CT molecular complexity index is 1160. The summed E-state index contributed by atoms with van der Waals surface area (Å²) in [6.45, 7) is 10.9. The van der Waals surface area contributed by atoms with Gasteiger partial charge >= 0.3 is 0 Å². The van der Waals surface area contributed by atoms with Crippen LogP contribution < -0.4 is 9.47 Å². The van der Waals surface area contributed by atoms with Crippen LogP contribution in [0.25, 0.3) is 0 Å². The molecule has 8 nitrogen and oxygen atoms in total. The number of fused-ring (bicyclic) bond motifs is 1. The predicted molar refractivity (Wildman–Crippen MR) is 151 cm³/mol. The zero-order chi connectivity index (χ0) is 27.5. The summed E-state index contributed by atoms with van der Waals surface area (Å²) >= 11 is 0. The van der Waals surface area contributed by atoms with E-state index in [4.69, 9.17) is 13.9 Å². The van der Waals surface area contributed by atoms with E-state index in [1.165, 1.54) is 5.56 Å². The first-order chi connectivity index (χ1) is 19.0. The van der Waals surface area contributed by atoms with Crippen LogP contribution in [0.4, 0.5) is 0 Å². The summed E-state index contributed by atoms with van der Waals surface area (Å²) < 4.78 is 18.0.